The highest BCUT2D eigenvalue weighted by molar-refractivity contribution is 5.33. The maximum absolute atomic E-state index is 5.85. The molecule has 0 atom stereocenters. The van der Waals surface area contributed by atoms with E-state index in [1.54, 1.807) is 0 Å². The van der Waals surface area contributed by atoms with Gasteiger partial charge in [-0.05, 0) is 18.1 Å². The summed E-state index contributed by atoms with van der Waals surface area (Å²) in [6.45, 7) is 16.2. The molecule has 1 fully saturated rings. The van der Waals surface area contributed by atoms with E-state index in [2.05, 4.69) is 43.9 Å². The van der Waals surface area contributed by atoms with Crippen LogP contribution in [0.5, 0.6) is 5.75 Å². The zero-order valence-corrected chi connectivity index (χ0v) is 18.1. The van der Waals surface area contributed by atoms with E-state index in [-0.39, 0.29) is 0 Å². The second-order valence-electron chi connectivity index (χ2n) is 6.32. The summed E-state index contributed by atoms with van der Waals surface area (Å²) in [4.78, 5) is 2.39. The molecular formula is C23H43NO2. The number of aryl methyl sites for hydroxylation is 1. The summed E-state index contributed by atoms with van der Waals surface area (Å²) < 4.78 is 11.2. The van der Waals surface area contributed by atoms with Crippen LogP contribution < -0.4 is 4.74 Å². The van der Waals surface area contributed by atoms with Crippen molar-refractivity contribution in [2.45, 2.75) is 73.1 Å². The number of ether oxygens (including phenoxy) is 2. The van der Waals surface area contributed by atoms with E-state index >= 15 is 0 Å². The number of hydrogen-bond donors (Lipinski definition) is 0. The van der Waals surface area contributed by atoms with Crippen LogP contribution in [0.3, 0.4) is 0 Å². The predicted octanol–water partition coefficient (Wildman–Crippen LogP) is 5.96. The molecule has 152 valence electrons. The number of morpholine rings is 1. The van der Waals surface area contributed by atoms with E-state index in [0.29, 0.717) is 0 Å². The molecule has 0 unspecified atom stereocenters. The minimum atomic E-state index is 0.761. The van der Waals surface area contributed by atoms with Crippen LogP contribution in [-0.4, -0.2) is 44.4 Å². The maximum atomic E-state index is 5.85. The highest BCUT2D eigenvalue weighted by atomic mass is 16.5. The van der Waals surface area contributed by atoms with Crippen molar-refractivity contribution in [1.29, 1.82) is 0 Å². The molecule has 0 aromatic heterocycles. The van der Waals surface area contributed by atoms with Gasteiger partial charge < -0.3 is 9.47 Å². The Morgan fingerprint density at radius 1 is 0.923 bits per heavy atom. The highest BCUT2D eigenvalue weighted by Crippen LogP contribution is 2.18. The first-order chi connectivity index (χ1) is 12.8. The van der Waals surface area contributed by atoms with Gasteiger partial charge in [0.1, 0.15) is 12.4 Å². The molecule has 3 heteroatoms. The van der Waals surface area contributed by atoms with E-state index in [4.69, 9.17) is 9.47 Å². The third kappa shape index (κ3) is 12.3. The molecule has 1 heterocycles. The fourth-order valence-electron chi connectivity index (χ4n) is 2.72. The van der Waals surface area contributed by atoms with E-state index < -0.39 is 0 Å². The van der Waals surface area contributed by atoms with Crippen LogP contribution in [0.4, 0.5) is 0 Å². The Kier molecular flexibility index (Phi) is 18.0. The van der Waals surface area contributed by atoms with Gasteiger partial charge in [-0.2, -0.15) is 0 Å². The summed E-state index contributed by atoms with van der Waals surface area (Å²) in [6.07, 6.45) is 8.03. The Hall–Kier alpha value is -1.06. The van der Waals surface area contributed by atoms with Crippen LogP contribution in [-0.2, 0) is 11.2 Å². The van der Waals surface area contributed by atoms with Gasteiger partial charge in [0.05, 0.1) is 13.2 Å². The average Bonchev–Trinajstić information content (AvgIpc) is 2.72. The van der Waals surface area contributed by atoms with Crippen molar-refractivity contribution >= 4 is 0 Å². The number of nitrogens with zero attached hydrogens (tertiary/aromatic N) is 1. The number of unbranched alkanes of at least 4 members (excludes halogenated alkanes) is 4. The number of para-hydroxylation sites is 1. The summed E-state index contributed by atoms with van der Waals surface area (Å²) in [5.41, 5.74) is 1.29. The Morgan fingerprint density at radius 3 is 2.12 bits per heavy atom. The Labute approximate surface area is 163 Å². The SMILES string of the molecule is CC.CCCCCCC.CCc1ccccc1OCCN1CCOCC1. The van der Waals surface area contributed by atoms with Crippen LogP contribution in [0, 0.1) is 0 Å². The molecule has 0 aliphatic carbocycles. The third-order valence-corrected chi connectivity index (χ3v) is 4.33. The monoisotopic (exact) mass is 365 g/mol. The minimum Gasteiger partial charge on any atom is -0.492 e. The van der Waals surface area contributed by atoms with Gasteiger partial charge in [-0.3, -0.25) is 4.90 Å². The normalized spacial score (nSPS) is 13.9. The Bertz CT molecular complexity index is 399. The lowest BCUT2D eigenvalue weighted by Gasteiger charge is -2.26. The Balaban J connectivity index is 0.000000589. The minimum absolute atomic E-state index is 0.761. The molecule has 0 bridgehead atoms. The van der Waals surface area contributed by atoms with Crippen LogP contribution >= 0.6 is 0 Å². The summed E-state index contributed by atoms with van der Waals surface area (Å²) in [6, 6.07) is 8.28. The maximum Gasteiger partial charge on any atom is 0.122 e. The molecule has 2 rings (SSSR count). The van der Waals surface area contributed by atoms with E-state index in [9.17, 15) is 0 Å². The topological polar surface area (TPSA) is 21.7 Å². The molecule has 1 saturated heterocycles. The van der Waals surface area contributed by atoms with Crippen molar-refractivity contribution in [2.75, 3.05) is 39.5 Å². The van der Waals surface area contributed by atoms with Gasteiger partial charge in [0.25, 0.3) is 0 Å². The first-order valence-corrected chi connectivity index (χ1v) is 10.8. The third-order valence-electron chi connectivity index (χ3n) is 4.33. The summed E-state index contributed by atoms with van der Waals surface area (Å²) in [5, 5.41) is 0. The van der Waals surface area contributed by atoms with Gasteiger partial charge in [0, 0.05) is 19.6 Å². The Morgan fingerprint density at radius 2 is 1.54 bits per heavy atom. The molecule has 0 amide bonds. The number of rotatable bonds is 9. The molecule has 0 saturated carbocycles. The molecule has 0 spiro atoms. The summed E-state index contributed by atoms with van der Waals surface area (Å²) in [7, 11) is 0. The lowest BCUT2D eigenvalue weighted by Crippen LogP contribution is -2.38. The average molecular weight is 366 g/mol. The standard InChI is InChI=1S/C14H21NO2.C7H16.C2H6/c1-2-13-5-3-4-6-14(13)17-12-9-15-7-10-16-11-8-15;1-3-5-7-6-4-2;1-2/h3-6H,2,7-12H2,1H3;3-7H2,1-2H3;1-2H3. The largest absolute Gasteiger partial charge is 0.492 e. The lowest BCUT2D eigenvalue weighted by molar-refractivity contribution is 0.0322. The number of hydrogen-bond acceptors (Lipinski definition) is 3. The van der Waals surface area contributed by atoms with Crippen molar-refractivity contribution in [3.63, 3.8) is 0 Å². The smallest absolute Gasteiger partial charge is 0.122 e. The van der Waals surface area contributed by atoms with Gasteiger partial charge >= 0.3 is 0 Å². The van der Waals surface area contributed by atoms with Crippen molar-refractivity contribution in [3.8, 4) is 5.75 Å². The molecule has 1 aliphatic heterocycles. The van der Waals surface area contributed by atoms with Crippen molar-refractivity contribution in [3.05, 3.63) is 29.8 Å². The summed E-state index contributed by atoms with van der Waals surface area (Å²) in [5.74, 6) is 1.03. The van der Waals surface area contributed by atoms with Crippen LogP contribution in [0.1, 0.15) is 72.3 Å². The molecule has 0 N–H and O–H groups in total. The van der Waals surface area contributed by atoms with E-state index in [1.165, 1.54) is 37.7 Å². The summed E-state index contributed by atoms with van der Waals surface area (Å²) >= 11 is 0. The predicted molar refractivity (Wildman–Crippen MR) is 114 cm³/mol. The zero-order chi connectivity index (χ0) is 19.5. The van der Waals surface area contributed by atoms with Gasteiger partial charge in [-0.25, -0.2) is 0 Å². The molecule has 26 heavy (non-hydrogen) atoms. The second kappa shape index (κ2) is 18.7. The van der Waals surface area contributed by atoms with Crippen molar-refractivity contribution in [1.82, 2.24) is 4.90 Å². The quantitative estimate of drug-likeness (QED) is 0.504. The fraction of sp³-hybridized carbons (Fsp3) is 0.739. The first kappa shape index (κ1) is 24.9. The second-order valence-corrected chi connectivity index (χ2v) is 6.32. The van der Waals surface area contributed by atoms with Crippen LogP contribution in [0.25, 0.3) is 0 Å². The van der Waals surface area contributed by atoms with Gasteiger partial charge in [-0.1, -0.05) is 84.9 Å². The zero-order valence-electron chi connectivity index (χ0n) is 18.1. The van der Waals surface area contributed by atoms with Crippen molar-refractivity contribution < 1.29 is 9.47 Å². The van der Waals surface area contributed by atoms with Gasteiger partial charge in [0.2, 0.25) is 0 Å². The fourth-order valence-corrected chi connectivity index (χ4v) is 2.72. The molecule has 1 aliphatic rings. The lowest BCUT2D eigenvalue weighted by atomic mass is 10.1. The molecular weight excluding hydrogens is 322 g/mol. The highest BCUT2D eigenvalue weighted by Gasteiger charge is 2.10. The molecule has 3 nitrogen and oxygen atoms in total. The molecule has 1 aromatic rings. The molecule has 1 aromatic carbocycles. The van der Waals surface area contributed by atoms with Crippen LogP contribution in [0.2, 0.25) is 0 Å². The number of benzene rings is 1. The molecule has 0 radical (unpaired) electrons. The van der Waals surface area contributed by atoms with Gasteiger partial charge in [0.15, 0.2) is 0 Å². The van der Waals surface area contributed by atoms with Crippen LogP contribution in [0.15, 0.2) is 24.3 Å². The van der Waals surface area contributed by atoms with Gasteiger partial charge in [-0.15, -0.1) is 0 Å². The van der Waals surface area contributed by atoms with Crippen molar-refractivity contribution in [2.24, 2.45) is 0 Å². The van der Waals surface area contributed by atoms with E-state index in [1.807, 2.05) is 19.9 Å². The van der Waals surface area contributed by atoms with E-state index in [0.717, 1.165) is 51.6 Å². The first-order valence-electron chi connectivity index (χ1n) is 10.8.